The second-order valence-corrected chi connectivity index (χ2v) is 5.09. The zero-order chi connectivity index (χ0) is 15.2. The van der Waals surface area contributed by atoms with Crippen molar-refractivity contribution >= 4 is 11.6 Å². The minimum absolute atomic E-state index is 0.0358. The van der Waals surface area contributed by atoms with E-state index in [-0.39, 0.29) is 12.5 Å². The van der Waals surface area contributed by atoms with Gasteiger partial charge in [0, 0.05) is 12.2 Å². The average molecular weight is 283 g/mol. The van der Waals surface area contributed by atoms with Crippen LogP contribution in [0.4, 0.5) is 5.69 Å². The average Bonchev–Trinajstić information content (AvgIpc) is 2.46. The molecule has 0 spiro atoms. The van der Waals surface area contributed by atoms with Gasteiger partial charge in [-0.25, -0.2) is 0 Å². The highest BCUT2D eigenvalue weighted by molar-refractivity contribution is 5.94. The molecular weight excluding hydrogens is 262 g/mol. The van der Waals surface area contributed by atoms with Crippen molar-refractivity contribution in [3.05, 3.63) is 59.7 Å². The SMILES string of the molecule is CCN(C(=O)COc1ccccc1)c1cc(C)cc(C)c1. The van der Waals surface area contributed by atoms with Gasteiger partial charge in [0.2, 0.25) is 0 Å². The second-order valence-electron chi connectivity index (χ2n) is 5.09. The summed E-state index contributed by atoms with van der Waals surface area (Å²) in [6, 6.07) is 15.5. The van der Waals surface area contributed by atoms with Gasteiger partial charge in [-0.2, -0.15) is 0 Å². The molecule has 110 valence electrons. The third-order valence-corrected chi connectivity index (χ3v) is 3.24. The van der Waals surface area contributed by atoms with Crippen LogP contribution in [0.3, 0.4) is 0 Å². The van der Waals surface area contributed by atoms with Gasteiger partial charge in [0.15, 0.2) is 6.61 Å². The molecule has 2 aromatic carbocycles. The third kappa shape index (κ3) is 4.09. The van der Waals surface area contributed by atoms with Crippen LogP contribution in [0.2, 0.25) is 0 Å². The topological polar surface area (TPSA) is 29.5 Å². The minimum Gasteiger partial charge on any atom is -0.484 e. The lowest BCUT2D eigenvalue weighted by atomic mass is 10.1. The van der Waals surface area contributed by atoms with E-state index in [4.69, 9.17) is 4.74 Å². The molecule has 0 unspecified atom stereocenters. The zero-order valence-corrected chi connectivity index (χ0v) is 12.8. The number of benzene rings is 2. The van der Waals surface area contributed by atoms with Crippen LogP contribution in [-0.4, -0.2) is 19.1 Å². The Morgan fingerprint density at radius 2 is 1.67 bits per heavy atom. The molecule has 0 bridgehead atoms. The molecule has 0 aromatic heterocycles. The quantitative estimate of drug-likeness (QED) is 0.836. The first-order valence-corrected chi connectivity index (χ1v) is 7.16. The Hall–Kier alpha value is -2.29. The third-order valence-electron chi connectivity index (χ3n) is 3.24. The van der Waals surface area contributed by atoms with Crippen molar-refractivity contribution < 1.29 is 9.53 Å². The first-order valence-electron chi connectivity index (χ1n) is 7.16. The van der Waals surface area contributed by atoms with Crippen LogP contribution in [0, 0.1) is 13.8 Å². The van der Waals surface area contributed by atoms with Gasteiger partial charge in [0.25, 0.3) is 5.91 Å². The fraction of sp³-hybridized carbons (Fsp3) is 0.278. The molecule has 0 N–H and O–H groups in total. The van der Waals surface area contributed by atoms with Crippen molar-refractivity contribution in [1.82, 2.24) is 0 Å². The van der Waals surface area contributed by atoms with Gasteiger partial charge < -0.3 is 9.64 Å². The van der Waals surface area contributed by atoms with Crippen LogP contribution in [0.5, 0.6) is 5.75 Å². The van der Waals surface area contributed by atoms with Crippen molar-refractivity contribution in [1.29, 1.82) is 0 Å². The molecule has 0 saturated carbocycles. The molecule has 21 heavy (non-hydrogen) atoms. The monoisotopic (exact) mass is 283 g/mol. The fourth-order valence-corrected chi connectivity index (χ4v) is 2.35. The Balaban J connectivity index is 2.08. The Labute approximate surface area is 126 Å². The summed E-state index contributed by atoms with van der Waals surface area (Å²) >= 11 is 0. The zero-order valence-electron chi connectivity index (χ0n) is 12.8. The minimum atomic E-state index is -0.0358. The van der Waals surface area contributed by atoms with Crippen molar-refractivity contribution in [3.63, 3.8) is 0 Å². The second kappa shape index (κ2) is 6.93. The van der Waals surface area contributed by atoms with E-state index in [9.17, 15) is 4.79 Å². The molecule has 3 heteroatoms. The highest BCUT2D eigenvalue weighted by atomic mass is 16.5. The molecular formula is C18H21NO2. The summed E-state index contributed by atoms with van der Waals surface area (Å²) in [6.07, 6.45) is 0. The molecule has 0 fully saturated rings. The number of hydrogen-bond acceptors (Lipinski definition) is 2. The Bertz CT molecular complexity index is 588. The molecule has 0 saturated heterocycles. The summed E-state index contributed by atoms with van der Waals surface area (Å²) in [5.41, 5.74) is 3.23. The van der Waals surface area contributed by atoms with Gasteiger partial charge in [-0.15, -0.1) is 0 Å². The lowest BCUT2D eigenvalue weighted by molar-refractivity contribution is -0.120. The first kappa shape index (κ1) is 15.1. The van der Waals surface area contributed by atoms with E-state index in [1.165, 1.54) is 0 Å². The van der Waals surface area contributed by atoms with Crippen LogP contribution in [0.1, 0.15) is 18.1 Å². The highest BCUT2D eigenvalue weighted by Gasteiger charge is 2.15. The standard InChI is InChI=1S/C18H21NO2/c1-4-19(16-11-14(2)10-15(3)12-16)18(20)13-21-17-8-6-5-7-9-17/h5-12H,4,13H2,1-3H3. The van der Waals surface area contributed by atoms with Crippen LogP contribution in [0.25, 0.3) is 0 Å². The van der Waals surface area contributed by atoms with Gasteiger partial charge in [-0.3, -0.25) is 4.79 Å². The van der Waals surface area contributed by atoms with Gasteiger partial charge in [-0.1, -0.05) is 24.3 Å². The van der Waals surface area contributed by atoms with E-state index in [1.807, 2.05) is 63.2 Å². The van der Waals surface area contributed by atoms with Gasteiger partial charge >= 0.3 is 0 Å². The number of hydrogen-bond donors (Lipinski definition) is 0. The number of nitrogens with zero attached hydrogens (tertiary/aromatic N) is 1. The van der Waals surface area contributed by atoms with Gasteiger partial charge in [0.1, 0.15) is 5.75 Å². The number of likely N-dealkylation sites (N-methyl/N-ethyl adjacent to an activating group) is 1. The van der Waals surface area contributed by atoms with Crippen LogP contribution < -0.4 is 9.64 Å². The molecule has 2 rings (SSSR count). The number of anilines is 1. The van der Waals surface area contributed by atoms with E-state index >= 15 is 0 Å². The normalized spacial score (nSPS) is 10.2. The predicted molar refractivity (Wildman–Crippen MR) is 85.9 cm³/mol. The van der Waals surface area contributed by atoms with Crippen molar-refractivity contribution in [2.45, 2.75) is 20.8 Å². The summed E-state index contributed by atoms with van der Waals surface area (Å²) in [5.74, 6) is 0.675. The van der Waals surface area contributed by atoms with Gasteiger partial charge in [0.05, 0.1) is 0 Å². The van der Waals surface area contributed by atoms with Crippen molar-refractivity contribution in [3.8, 4) is 5.75 Å². The first-order chi connectivity index (χ1) is 10.1. The van der Waals surface area contributed by atoms with Crippen molar-refractivity contribution in [2.24, 2.45) is 0 Å². The van der Waals surface area contributed by atoms with Crippen LogP contribution in [0.15, 0.2) is 48.5 Å². The number of para-hydroxylation sites is 1. The van der Waals surface area contributed by atoms with Crippen LogP contribution >= 0.6 is 0 Å². The van der Waals surface area contributed by atoms with Crippen LogP contribution in [-0.2, 0) is 4.79 Å². The molecule has 0 radical (unpaired) electrons. The number of ether oxygens (including phenoxy) is 1. The summed E-state index contributed by atoms with van der Waals surface area (Å²) in [6.45, 7) is 6.72. The highest BCUT2D eigenvalue weighted by Crippen LogP contribution is 2.19. The molecule has 3 nitrogen and oxygen atoms in total. The summed E-state index contributed by atoms with van der Waals surface area (Å²) in [4.78, 5) is 14.1. The van der Waals surface area contributed by atoms with E-state index in [0.29, 0.717) is 12.3 Å². The van der Waals surface area contributed by atoms with E-state index < -0.39 is 0 Å². The van der Waals surface area contributed by atoms with E-state index in [0.717, 1.165) is 16.8 Å². The lowest BCUT2D eigenvalue weighted by Crippen LogP contribution is -2.34. The lowest BCUT2D eigenvalue weighted by Gasteiger charge is -2.22. The number of aryl methyl sites for hydroxylation is 2. The molecule has 0 heterocycles. The molecule has 0 aliphatic heterocycles. The molecule has 0 aliphatic carbocycles. The van der Waals surface area contributed by atoms with E-state index in [2.05, 4.69) is 6.07 Å². The van der Waals surface area contributed by atoms with Gasteiger partial charge in [-0.05, 0) is 56.2 Å². The summed E-state index contributed by atoms with van der Waals surface area (Å²) < 4.78 is 5.54. The smallest absolute Gasteiger partial charge is 0.264 e. The summed E-state index contributed by atoms with van der Waals surface area (Å²) in [5, 5.41) is 0. The largest absolute Gasteiger partial charge is 0.484 e. The predicted octanol–water partition coefficient (Wildman–Crippen LogP) is 3.74. The fourth-order valence-electron chi connectivity index (χ4n) is 2.35. The van der Waals surface area contributed by atoms with Crippen molar-refractivity contribution in [2.75, 3.05) is 18.1 Å². The number of carbonyl (C=O) groups is 1. The number of carbonyl (C=O) groups excluding carboxylic acids is 1. The number of amides is 1. The van der Waals surface area contributed by atoms with E-state index in [1.54, 1.807) is 4.90 Å². The maximum absolute atomic E-state index is 12.4. The Morgan fingerprint density at radius 1 is 1.05 bits per heavy atom. The molecule has 0 aliphatic rings. The maximum Gasteiger partial charge on any atom is 0.264 e. The Morgan fingerprint density at radius 3 is 2.24 bits per heavy atom. The molecule has 2 aromatic rings. The maximum atomic E-state index is 12.4. The molecule has 1 amide bonds. The molecule has 0 atom stereocenters. The summed E-state index contributed by atoms with van der Waals surface area (Å²) in [7, 11) is 0. The number of rotatable bonds is 5. The Kier molecular flexibility index (Phi) is 4.99.